The normalized spacial score (nSPS) is 15.4. The van der Waals surface area contributed by atoms with Crippen LogP contribution in [0, 0.1) is 10.1 Å². The summed E-state index contributed by atoms with van der Waals surface area (Å²) in [5.74, 6) is 0.566. The number of nitro benzene ring substituents is 1. The zero-order valence-electron chi connectivity index (χ0n) is 11.2. The van der Waals surface area contributed by atoms with Crippen LogP contribution in [0.25, 0.3) is 0 Å². The zero-order chi connectivity index (χ0) is 13.7. The first-order chi connectivity index (χ1) is 9.19. The van der Waals surface area contributed by atoms with Crippen molar-refractivity contribution in [1.29, 1.82) is 0 Å². The number of ether oxygens (including phenoxy) is 1. The van der Waals surface area contributed by atoms with Crippen molar-refractivity contribution < 1.29 is 9.66 Å². The number of nitrogens with one attached hydrogen (secondary N) is 1. The molecule has 0 spiro atoms. The maximum atomic E-state index is 10.9. The Morgan fingerprint density at radius 3 is 2.74 bits per heavy atom. The number of nitro groups is 1. The Kier molecular flexibility index (Phi) is 4.60. The Bertz CT molecular complexity index is 442. The Labute approximate surface area is 113 Å². The fourth-order valence-electron chi connectivity index (χ4n) is 2.38. The molecular weight excluding hydrogens is 244 g/mol. The van der Waals surface area contributed by atoms with E-state index in [1.54, 1.807) is 6.07 Å². The van der Waals surface area contributed by atoms with Crippen LogP contribution in [0.3, 0.4) is 0 Å². The molecule has 0 amide bonds. The summed E-state index contributed by atoms with van der Waals surface area (Å²) >= 11 is 0. The maximum Gasteiger partial charge on any atom is 0.275 e. The lowest BCUT2D eigenvalue weighted by atomic mass is 10.2. The second kappa shape index (κ2) is 6.41. The van der Waals surface area contributed by atoms with E-state index in [2.05, 4.69) is 5.32 Å². The van der Waals surface area contributed by atoms with Gasteiger partial charge in [-0.05, 0) is 19.3 Å². The summed E-state index contributed by atoms with van der Waals surface area (Å²) in [6, 6.07) is 5.34. The first-order valence-electron chi connectivity index (χ1n) is 6.88. The first kappa shape index (κ1) is 13.6. The third-order valence-electron chi connectivity index (χ3n) is 3.30. The van der Waals surface area contributed by atoms with Gasteiger partial charge in [0.05, 0.1) is 17.6 Å². The van der Waals surface area contributed by atoms with Crippen LogP contribution in [0.2, 0.25) is 0 Å². The minimum absolute atomic E-state index is 0.0779. The lowest BCUT2D eigenvalue weighted by Crippen LogP contribution is -2.14. The Balaban J connectivity index is 2.15. The molecule has 1 aromatic carbocycles. The molecule has 0 unspecified atom stereocenters. The van der Waals surface area contributed by atoms with Gasteiger partial charge in [0.2, 0.25) is 0 Å². The molecule has 0 aromatic heterocycles. The van der Waals surface area contributed by atoms with E-state index in [0.717, 1.165) is 24.9 Å². The van der Waals surface area contributed by atoms with Gasteiger partial charge in [0, 0.05) is 23.9 Å². The second-order valence-corrected chi connectivity index (χ2v) is 4.95. The average molecular weight is 264 g/mol. The second-order valence-electron chi connectivity index (χ2n) is 4.95. The van der Waals surface area contributed by atoms with Gasteiger partial charge in [-0.15, -0.1) is 0 Å². The molecule has 1 saturated carbocycles. The number of nitrogens with zero attached hydrogens (tertiary/aromatic N) is 1. The van der Waals surface area contributed by atoms with Gasteiger partial charge < -0.3 is 10.1 Å². The van der Waals surface area contributed by atoms with E-state index in [4.69, 9.17) is 4.74 Å². The monoisotopic (exact) mass is 264 g/mol. The van der Waals surface area contributed by atoms with Crippen LogP contribution in [0.5, 0.6) is 5.75 Å². The molecule has 1 aliphatic carbocycles. The molecule has 0 saturated heterocycles. The predicted molar refractivity (Wildman–Crippen MR) is 74.8 cm³/mol. The highest BCUT2D eigenvalue weighted by atomic mass is 16.6. The van der Waals surface area contributed by atoms with Gasteiger partial charge in [-0.25, -0.2) is 0 Å². The van der Waals surface area contributed by atoms with E-state index in [1.807, 2.05) is 13.0 Å². The zero-order valence-corrected chi connectivity index (χ0v) is 11.2. The van der Waals surface area contributed by atoms with E-state index in [-0.39, 0.29) is 10.6 Å². The molecular formula is C14H20N2O3. The smallest absolute Gasteiger partial charge is 0.275 e. The van der Waals surface area contributed by atoms with Crippen molar-refractivity contribution in [3.63, 3.8) is 0 Å². The lowest BCUT2D eigenvalue weighted by molar-refractivity contribution is -0.384. The number of rotatable bonds is 6. The fourth-order valence-corrected chi connectivity index (χ4v) is 2.38. The molecule has 0 aliphatic heterocycles. The standard InChI is InChI=1S/C14H20N2O3/c1-2-7-19-14-9-12(8-13(10-14)16(17)18)15-11-5-3-4-6-11/h8-11,15H,2-7H2,1H3. The summed E-state index contributed by atoms with van der Waals surface area (Å²) in [4.78, 5) is 10.6. The Morgan fingerprint density at radius 1 is 1.37 bits per heavy atom. The highest BCUT2D eigenvalue weighted by Gasteiger charge is 2.17. The van der Waals surface area contributed by atoms with Crippen molar-refractivity contribution in [3.8, 4) is 5.75 Å². The predicted octanol–water partition coefficient (Wildman–Crippen LogP) is 3.74. The van der Waals surface area contributed by atoms with E-state index in [0.29, 0.717) is 18.4 Å². The fraction of sp³-hybridized carbons (Fsp3) is 0.571. The summed E-state index contributed by atoms with van der Waals surface area (Å²) < 4.78 is 5.51. The first-order valence-corrected chi connectivity index (χ1v) is 6.88. The van der Waals surface area contributed by atoms with E-state index >= 15 is 0 Å². The quantitative estimate of drug-likeness (QED) is 0.628. The van der Waals surface area contributed by atoms with Gasteiger partial charge >= 0.3 is 0 Å². The molecule has 2 rings (SSSR count). The highest BCUT2D eigenvalue weighted by molar-refractivity contribution is 5.56. The molecule has 0 heterocycles. The number of anilines is 1. The van der Waals surface area contributed by atoms with Crippen molar-refractivity contribution in [2.24, 2.45) is 0 Å². The molecule has 1 aliphatic rings. The molecule has 0 atom stereocenters. The summed E-state index contributed by atoms with van der Waals surface area (Å²) in [5, 5.41) is 14.3. The number of hydrogen-bond acceptors (Lipinski definition) is 4. The molecule has 1 N–H and O–H groups in total. The van der Waals surface area contributed by atoms with Gasteiger partial charge in [-0.2, -0.15) is 0 Å². The van der Waals surface area contributed by atoms with Crippen molar-refractivity contribution in [2.45, 2.75) is 45.1 Å². The molecule has 0 bridgehead atoms. The van der Waals surface area contributed by atoms with Gasteiger partial charge in [0.1, 0.15) is 5.75 Å². The summed E-state index contributed by atoms with van der Waals surface area (Å²) in [6.07, 6.45) is 5.60. The third-order valence-corrected chi connectivity index (χ3v) is 3.30. The summed E-state index contributed by atoms with van der Waals surface area (Å²) in [7, 11) is 0. The third kappa shape index (κ3) is 3.84. The van der Waals surface area contributed by atoms with Gasteiger partial charge in [0.25, 0.3) is 5.69 Å². The number of benzene rings is 1. The molecule has 0 radical (unpaired) electrons. The van der Waals surface area contributed by atoms with Crippen LogP contribution >= 0.6 is 0 Å². The minimum Gasteiger partial charge on any atom is -0.493 e. The molecule has 5 heteroatoms. The van der Waals surface area contributed by atoms with Gasteiger partial charge in [-0.3, -0.25) is 10.1 Å². The highest BCUT2D eigenvalue weighted by Crippen LogP contribution is 2.29. The van der Waals surface area contributed by atoms with Crippen LogP contribution in [0.1, 0.15) is 39.0 Å². The maximum absolute atomic E-state index is 10.9. The Hall–Kier alpha value is -1.78. The van der Waals surface area contributed by atoms with Crippen LogP contribution < -0.4 is 10.1 Å². The van der Waals surface area contributed by atoms with Crippen LogP contribution in [-0.2, 0) is 0 Å². The lowest BCUT2D eigenvalue weighted by Gasteiger charge is -2.14. The largest absolute Gasteiger partial charge is 0.493 e. The molecule has 5 nitrogen and oxygen atoms in total. The van der Waals surface area contributed by atoms with Crippen LogP contribution in [0.15, 0.2) is 18.2 Å². The molecule has 1 aromatic rings. The van der Waals surface area contributed by atoms with Crippen LogP contribution in [-0.4, -0.2) is 17.6 Å². The Morgan fingerprint density at radius 2 is 2.11 bits per heavy atom. The number of non-ortho nitro benzene ring substituents is 1. The SMILES string of the molecule is CCCOc1cc(NC2CCCC2)cc([N+](=O)[O-])c1. The number of hydrogen-bond donors (Lipinski definition) is 1. The minimum atomic E-state index is -0.376. The molecule has 19 heavy (non-hydrogen) atoms. The van der Waals surface area contributed by atoms with Crippen molar-refractivity contribution in [2.75, 3.05) is 11.9 Å². The van der Waals surface area contributed by atoms with Crippen LogP contribution in [0.4, 0.5) is 11.4 Å². The van der Waals surface area contributed by atoms with Gasteiger partial charge in [0.15, 0.2) is 0 Å². The van der Waals surface area contributed by atoms with E-state index in [9.17, 15) is 10.1 Å². The topological polar surface area (TPSA) is 64.4 Å². The molecule has 1 fully saturated rings. The van der Waals surface area contributed by atoms with Crippen molar-refractivity contribution >= 4 is 11.4 Å². The summed E-state index contributed by atoms with van der Waals surface area (Å²) in [5.41, 5.74) is 0.862. The average Bonchev–Trinajstić information content (AvgIpc) is 2.89. The van der Waals surface area contributed by atoms with E-state index < -0.39 is 0 Å². The van der Waals surface area contributed by atoms with Crippen molar-refractivity contribution in [3.05, 3.63) is 28.3 Å². The summed E-state index contributed by atoms with van der Waals surface area (Å²) in [6.45, 7) is 2.58. The van der Waals surface area contributed by atoms with E-state index in [1.165, 1.54) is 18.9 Å². The molecule has 104 valence electrons. The van der Waals surface area contributed by atoms with Crippen molar-refractivity contribution in [1.82, 2.24) is 0 Å². The van der Waals surface area contributed by atoms with Gasteiger partial charge in [-0.1, -0.05) is 19.8 Å².